The Balaban J connectivity index is 2.19. The Morgan fingerprint density at radius 2 is 1.84 bits per heavy atom. The number of fused-ring (bicyclic) bond motifs is 2. The number of anilines is 1. The van der Waals surface area contributed by atoms with Crippen molar-refractivity contribution in [3.8, 4) is 22.5 Å². The van der Waals surface area contributed by atoms with Crippen molar-refractivity contribution in [2.45, 2.75) is 0 Å². The van der Waals surface area contributed by atoms with Gasteiger partial charge in [0.15, 0.2) is 6.29 Å². The van der Waals surface area contributed by atoms with Gasteiger partial charge in [-0.05, 0) is 54.2 Å². The zero-order chi connectivity index (χ0) is 22.1. The van der Waals surface area contributed by atoms with Crippen molar-refractivity contribution >= 4 is 46.0 Å². The molecule has 0 spiro atoms. The van der Waals surface area contributed by atoms with Crippen molar-refractivity contribution in [3.05, 3.63) is 65.5 Å². The van der Waals surface area contributed by atoms with Gasteiger partial charge in [-0.3, -0.25) is 4.79 Å². The van der Waals surface area contributed by atoms with Gasteiger partial charge in [0.2, 0.25) is 5.36 Å². The Hall–Kier alpha value is -3.60. The fourth-order valence-electron chi connectivity index (χ4n) is 3.70. The predicted octanol–water partition coefficient (Wildman–Crippen LogP) is 4.85. The molecule has 154 valence electrons. The maximum Gasteiger partial charge on any atom is 0.203 e. The first-order valence-corrected chi connectivity index (χ1v) is 10.2. The number of carbonyl (C=O) groups is 1. The number of hydrogen-bond donors (Lipinski definition) is 0. The molecule has 0 unspecified atom stereocenters. The number of aliphatic imine (C=N–C) groups is 1. The van der Waals surface area contributed by atoms with Gasteiger partial charge in [-0.15, -0.1) is 0 Å². The summed E-state index contributed by atoms with van der Waals surface area (Å²) in [5.74, 6) is 0.741. The highest BCUT2D eigenvalue weighted by molar-refractivity contribution is 7.78. The molecule has 0 bridgehead atoms. The molecule has 0 aromatic heterocycles. The molecule has 1 aliphatic heterocycles. The Morgan fingerprint density at radius 1 is 1.03 bits per heavy atom. The van der Waals surface area contributed by atoms with Gasteiger partial charge >= 0.3 is 0 Å². The van der Waals surface area contributed by atoms with Crippen LogP contribution in [-0.2, 0) is 0 Å². The van der Waals surface area contributed by atoms with Gasteiger partial charge in [0.1, 0.15) is 25.4 Å². The van der Waals surface area contributed by atoms with Crippen LogP contribution in [0, 0.1) is 0 Å². The minimum atomic E-state index is 0.575. The molecule has 31 heavy (non-hydrogen) atoms. The number of nitrogens with zero attached hydrogens (tertiary/aromatic N) is 3. The zero-order valence-electron chi connectivity index (χ0n) is 17.8. The van der Waals surface area contributed by atoms with E-state index < -0.39 is 0 Å². The molecule has 2 aromatic carbocycles. The largest absolute Gasteiger partial charge is 0.456 e. The maximum absolute atomic E-state index is 11.9. The second-order valence-electron chi connectivity index (χ2n) is 7.72. The second-order valence-corrected chi connectivity index (χ2v) is 7.90. The molecule has 0 fully saturated rings. The topological polar surface area (TPSA) is 48.8 Å². The quantitative estimate of drug-likeness (QED) is 0.153. The Morgan fingerprint density at radius 3 is 2.52 bits per heavy atom. The fraction of sp³-hybridized carbons (Fsp3) is 0.160. The van der Waals surface area contributed by atoms with Gasteiger partial charge in [0.25, 0.3) is 0 Å². The molecule has 0 radical (unpaired) electrons. The summed E-state index contributed by atoms with van der Waals surface area (Å²) in [5.41, 5.74) is 5.61. The van der Waals surface area contributed by atoms with Crippen molar-refractivity contribution in [1.82, 2.24) is 4.58 Å². The molecule has 0 atom stereocenters. The monoisotopic (exact) mass is 428 g/mol. The molecule has 1 heterocycles. The van der Waals surface area contributed by atoms with E-state index in [1.807, 2.05) is 80.1 Å². The second kappa shape index (κ2) is 8.26. The first-order valence-electron chi connectivity index (χ1n) is 9.78. The average Bonchev–Trinajstić information content (AvgIpc) is 2.76. The van der Waals surface area contributed by atoms with Crippen molar-refractivity contribution in [2.75, 3.05) is 33.1 Å². The summed E-state index contributed by atoms with van der Waals surface area (Å²) in [4.78, 5) is 18.1. The van der Waals surface area contributed by atoms with Gasteiger partial charge in [0.05, 0.1) is 16.9 Å². The molecule has 0 saturated carbocycles. The molecule has 2 aromatic rings. The van der Waals surface area contributed by atoms with E-state index in [2.05, 4.69) is 10.2 Å². The number of isothiocyanates is 1. The highest BCUT2D eigenvalue weighted by Crippen LogP contribution is 2.42. The van der Waals surface area contributed by atoms with E-state index in [0.717, 1.165) is 50.8 Å². The van der Waals surface area contributed by atoms with Gasteiger partial charge < -0.3 is 9.32 Å². The van der Waals surface area contributed by atoms with Crippen LogP contribution in [-0.4, -0.2) is 39.6 Å². The van der Waals surface area contributed by atoms with Crippen molar-refractivity contribution in [1.29, 1.82) is 0 Å². The van der Waals surface area contributed by atoms with Crippen LogP contribution in [0.4, 0.5) is 11.4 Å². The Labute approximate surface area is 185 Å². The van der Waals surface area contributed by atoms with E-state index in [1.54, 1.807) is 12.1 Å². The highest BCUT2D eigenvalue weighted by atomic mass is 32.1. The maximum atomic E-state index is 11.9. The minimum absolute atomic E-state index is 0.575. The lowest BCUT2D eigenvalue weighted by Crippen LogP contribution is -2.21. The molecule has 1 aliphatic carbocycles. The molecule has 5 nitrogen and oxygen atoms in total. The van der Waals surface area contributed by atoms with E-state index in [1.165, 1.54) is 0 Å². The normalized spacial score (nSPS) is 10.7. The average molecular weight is 429 g/mol. The molecule has 0 N–H and O–H groups in total. The summed E-state index contributed by atoms with van der Waals surface area (Å²) in [6.07, 6.45) is 0.866. The first-order chi connectivity index (χ1) is 14.9. The van der Waals surface area contributed by atoms with Crippen LogP contribution in [0.15, 0.2) is 64.0 Å². The van der Waals surface area contributed by atoms with Crippen LogP contribution < -0.4 is 14.8 Å². The van der Waals surface area contributed by atoms with Crippen LogP contribution in [0.2, 0.25) is 0 Å². The van der Waals surface area contributed by atoms with E-state index >= 15 is 0 Å². The van der Waals surface area contributed by atoms with Crippen LogP contribution in [0.25, 0.3) is 33.4 Å². The number of hydrogen-bond acceptors (Lipinski definition) is 5. The van der Waals surface area contributed by atoms with Gasteiger partial charge in [-0.25, -0.2) is 4.58 Å². The number of thiocarbonyl (C=S) groups is 1. The molecule has 2 aliphatic rings. The first kappa shape index (κ1) is 20.7. The zero-order valence-corrected chi connectivity index (χ0v) is 18.7. The summed E-state index contributed by atoms with van der Waals surface area (Å²) in [6, 6.07) is 17.6. The third kappa shape index (κ3) is 3.79. The fourth-order valence-corrected chi connectivity index (χ4v) is 3.81. The van der Waals surface area contributed by atoms with Crippen LogP contribution in [0.5, 0.6) is 0 Å². The summed E-state index contributed by atoms with van der Waals surface area (Å²) in [7, 11) is 7.96. The summed E-state index contributed by atoms with van der Waals surface area (Å²) >= 11 is 4.78. The molecule has 0 saturated heterocycles. The van der Waals surface area contributed by atoms with Crippen molar-refractivity contribution < 1.29 is 9.21 Å². The number of benzene rings is 3. The van der Waals surface area contributed by atoms with E-state index in [4.69, 9.17) is 16.6 Å². The molecule has 6 heteroatoms. The van der Waals surface area contributed by atoms with Gasteiger partial charge in [-0.2, -0.15) is 4.99 Å². The Bertz CT molecular complexity index is 1410. The number of carbonyl (C=O) groups excluding carboxylic acids is 1. The summed E-state index contributed by atoms with van der Waals surface area (Å²) in [5, 5.41) is 4.35. The SMILES string of the molecule is CN(C)c1ccc2c(-c3cc(N=C=S)ccc3C=O)c3ccc(=[N+](C)C)cc-3oc2c1. The van der Waals surface area contributed by atoms with Gasteiger partial charge in [0, 0.05) is 54.0 Å². The third-order valence-electron chi connectivity index (χ3n) is 5.33. The van der Waals surface area contributed by atoms with E-state index in [0.29, 0.717) is 11.3 Å². The molecule has 4 rings (SSSR count). The lowest BCUT2D eigenvalue weighted by atomic mass is 9.90. The molecular weight excluding hydrogens is 406 g/mol. The lowest BCUT2D eigenvalue weighted by molar-refractivity contribution is 0.112. The van der Waals surface area contributed by atoms with Crippen LogP contribution >= 0.6 is 12.2 Å². The van der Waals surface area contributed by atoms with Crippen molar-refractivity contribution in [3.63, 3.8) is 0 Å². The molecular formula is C25H22N3O2S+. The minimum Gasteiger partial charge on any atom is -0.456 e. The van der Waals surface area contributed by atoms with Crippen LogP contribution in [0.3, 0.4) is 0 Å². The summed E-state index contributed by atoms with van der Waals surface area (Å²) < 4.78 is 8.38. The number of aldehydes is 1. The van der Waals surface area contributed by atoms with E-state index in [9.17, 15) is 4.79 Å². The Kier molecular flexibility index (Phi) is 5.51. The standard InChI is InChI=1S/C25H22N3O2S/c1-27(2)18-7-9-20-23(12-18)30-24-13-19(28(3)4)8-10-21(24)25(20)22-11-17(26-15-31)6-5-16(22)14-29/h5-14H,1-4H3/q+1. The van der Waals surface area contributed by atoms with Gasteiger partial charge in [-0.1, -0.05) is 0 Å². The van der Waals surface area contributed by atoms with Crippen LogP contribution in [0.1, 0.15) is 10.4 Å². The van der Waals surface area contributed by atoms with Crippen molar-refractivity contribution in [2.24, 2.45) is 4.99 Å². The predicted molar refractivity (Wildman–Crippen MR) is 130 cm³/mol. The van der Waals surface area contributed by atoms with E-state index in [-0.39, 0.29) is 0 Å². The smallest absolute Gasteiger partial charge is 0.203 e. The number of rotatable bonds is 4. The molecule has 0 amide bonds. The lowest BCUT2D eigenvalue weighted by Gasteiger charge is -2.18. The summed E-state index contributed by atoms with van der Waals surface area (Å²) in [6.45, 7) is 0. The highest BCUT2D eigenvalue weighted by Gasteiger charge is 2.20. The third-order valence-corrected chi connectivity index (χ3v) is 5.42.